The fourth-order valence-corrected chi connectivity index (χ4v) is 4.85. The fourth-order valence-electron chi connectivity index (χ4n) is 4.85. The number of aromatic nitrogens is 3. The summed E-state index contributed by atoms with van der Waals surface area (Å²) < 4.78 is 8.57. The zero-order chi connectivity index (χ0) is 21.9. The maximum Gasteiger partial charge on any atom is 0.149 e. The van der Waals surface area contributed by atoms with Crippen LogP contribution in [0, 0.1) is 6.92 Å². The Morgan fingerprint density at radius 3 is 2.52 bits per heavy atom. The Bertz CT molecular complexity index is 1840. The van der Waals surface area contributed by atoms with E-state index in [9.17, 15) is 0 Å². The molecule has 0 atom stereocenters. The summed E-state index contributed by atoms with van der Waals surface area (Å²) in [5.74, 6) is 0.848. The lowest BCUT2D eigenvalue weighted by Crippen LogP contribution is -1.99. The number of aryl methyl sites for hydroxylation is 1. The van der Waals surface area contributed by atoms with Crippen LogP contribution in [-0.4, -0.2) is 14.5 Å². The van der Waals surface area contributed by atoms with Crippen LogP contribution in [0.3, 0.4) is 0 Å². The van der Waals surface area contributed by atoms with Crippen LogP contribution in [0.5, 0.6) is 0 Å². The maximum absolute atomic E-state index is 6.36. The van der Waals surface area contributed by atoms with Gasteiger partial charge in [-0.2, -0.15) is 0 Å². The molecule has 4 nitrogen and oxygen atoms in total. The van der Waals surface area contributed by atoms with Gasteiger partial charge in [-0.25, -0.2) is 4.98 Å². The quantitative estimate of drug-likeness (QED) is 0.289. The maximum atomic E-state index is 6.36. The van der Waals surface area contributed by atoms with Crippen molar-refractivity contribution in [1.29, 1.82) is 0 Å². The molecular formula is C29H19N3O. The van der Waals surface area contributed by atoms with E-state index in [4.69, 9.17) is 9.40 Å². The third-order valence-corrected chi connectivity index (χ3v) is 6.38. The summed E-state index contributed by atoms with van der Waals surface area (Å²) in [5.41, 5.74) is 6.61. The highest BCUT2D eigenvalue weighted by Crippen LogP contribution is 2.38. The van der Waals surface area contributed by atoms with Crippen molar-refractivity contribution in [1.82, 2.24) is 14.5 Å². The lowest BCUT2D eigenvalue weighted by atomic mass is 10.1. The fraction of sp³-hybridized carbons (Fsp3) is 0.0345. The SMILES string of the molecule is Cc1nccc2nc(-c3cccc4c3oc3ccccc34)n(-c3ccc4ccccc4c3)c12. The van der Waals surface area contributed by atoms with Crippen LogP contribution in [0.1, 0.15) is 5.69 Å². The van der Waals surface area contributed by atoms with Gasteiger partial charge >= 0.3 is 0 Å². The van der Waals surface area contributed by atoms with Crippen molar-refractivity contribution in [2.45, 2.75) is 6.92 Å². The Morgan fingerprint density at radius 1 is 0.758 bits per heavy atom. The van der Waals surface area contributed by atoms with Crippen molar-refractivity contribution in [3.05, 3.63) is 103 Å². The van der Waals surface area contributed by atoms with E-state index in [0.717, 1.165) is 55.7 Å². The van der Waals surface area contributed by atoms with Gasteiger partial charge in [0.15, 0.2) is 0 Å². The van der Waals surface area contributed by atoms with Crippen molar-refractivity contribution < 1.29 is 4.42 Å². The number of hydrogen-bond donors (Lipinski definition) is 0. The minimum atomic E-state index is 0.848. The smallest absolute Gasteiger partial charge is 0.149 e. The summed E-state index contributed by atoms with van der Waals surface area (Å²) in [6.45, 7) is 2.03. The highest BCUT2D eigenvalue weighted by atomic mass is 16.3. The molecule has 3 heterocycles. The van der Waals surface area contributed by atoms with Crippen LogP contribution in [0.25, 0.3) is 60.8 Å². The van der Waals surface area contributed by atoms with Gasteiger partial charge < -0.3 is 4.42 Å². The Morgan fingerprint density at radius 2 is 1.58 bits per heavy atom. The number of rotatable bonds is 2. The minimum Gasteiger partial charge on any atom is -0.455 e. The second-order valence-corrected chi connectivity index (χ2v) is 8.35. The molecule has 0 radical (unpaired) electrons. The highest BCUT2D eigenvalue weighted by Gasteiger charge is 2.20. The van der Waals surface area contributed by atoms with E-state index >= 15 is 0 Å². The van der Waals surface area contributed by atoms with Crippen molar-refractivity contribution >= 4 is 43.7 Å². The van der Waals surface area contributed by atoms with E-state index in [1.165, 1.54) is 10.8 Å². The van der Waals surface area contributed by atoms with Gasteiger partial charge in [-0.05, 0) is 48.0 Å². The molecule has 0 saturated carbocycles. The predicted molar refractivity (Wildman–Crippen MR) is 134 cm³/mol. The summed E-state index contributed by atoms with van der Waals surface area (Å²) in [5, 5.41) is 4.60. The number of pyridine rings is 1. The first-order valence-electron chi connectivity index (χ1n) is 11.0. The molecule has 0 fully saturated rings. The number of benzene rings is 4. The van der Waals surface area contributed by atoms with Gasteiger partial charge in [0, 0.05) is 22.7 Å². The Labute approximate surface area is 189 Å². The molecule has 0 spiro atoms. The van der Waals surface area contributed by atoms with Crippen LogP contribution < -0.4 is 0 Å². The van der Waals surface area contributed by atoms with Crippen LogP contribution in [0.4, 0.5) is 0 Å². The summed E-state index contributed by atoms with van der Waals surface area (Å²) in [4.78, 5) is 9.66. The normalized spacial score (nSPS) is 11.8. The second kappa shape index (κ2) is 6.78. The minimum absolute atomic E-state index is 0.848. The number of furan rings is 1. The number of imidazole rings is 1. The van der Waals surface area contributed by atoms with Crippen LogP contribution in [0.15, 0.2) is 102 Å². The molecule has 7 rings (SSSR count). The predicted octanol–water partition coefficient (Wildman–Crippen LogP) is 7.45. The second-order valence-electron chi connectivity index (χ2n) is 8.35. The molecule has 0 bridgehead atoms. The average molecular weight is 425 g/mol. The van der Waals surface area contributed by atoms with E-state index < -0.39 is 0 Å². The van der Waals surface area contributed by atoms with E-state index in [-0.39, 0.29) is 0 Å². The largest absolute Gasteiger partial charge is 0.455 e. The van der Waals surface area contributed by atoms with Crippen molar-refractivity contribution in [3.8, 4) is 17.1 Å². The van der Waals surface area contributed by atoms with Gasteiger partial charge in [-0.1, -0.05) is 60.7 Å². The molecule has 0 saturated heterocycles. The molecule has 0 aliphatic carbocycles. The van der Waals surface area contributed by atoms with E-state index in [0.29, 0.717) is 0 Å². The number of hydrogen-bond acceptors (Lipinski definition) is 3. The summed E-state index contributed by atoms with van der Waals surface area (Å²) >= 11 is 0. The zero-order valence-electron chi connectivity index (χ0n) is 18.0. The lowest BCUT2D eigenvalue weighted by molar-refractivity contribution is 0.669. The van der Waals surface area contributed by atoms with E-state index in [1.54, 1.807) is 0 Å². The van der Waals surface area contributed by atoms with Crippen molar-refractivity contribution in [2.24, 2.45) is 0 Å². The number of para-hydroxylation sites is 2. The third kappa shape index (κ3) is 2.64. The molecule has 4 aromatic carbocycles. The molecule has 156 valence electrons. The van der Waals surface area contributed by atoms with Crippen LogP contribution in [0.2, 0.25) is 0 Å². The first-order valence-corrected chi connectivity index (χ1v) is 11.0. The van der Waals surface area contributed by atoms with Gasteiger partial charge in [-0.15, -0.1) is 0 Å². The molecule has 0 amide bonds. The monoisotopic (exact) mass is 425 g/mol. The topological polar surface area (TPSA) is 43.9 Å². The van der Waals surface area contributed by atoms with Gasteiger partial charge in [0.2, 0.25) is 0 Å². The standard InChI is InChI=1S/C29H19N3O/c1-18-27-25(15-16-30-18)31-29(32(27)21-14-13-19-7-2-3-8-20(19)17-21)24-11-6-10-23-22-9-4-5-12-26(22)33-28(23)24/h2-17H,1H3. The Balaban J connectivity index is 1.60. The molecule has 0 N–H and O–H groups in total. The van der Waals surface area contributed by atoms with Crippen molar-refractivity contribution in [2.75, 3.05) is 0 Å². The first kappa shape index (κ1) is 18.2. The molecule has 0 unspecified atom stereocenters. The summed E-state index contributed by atoms with van der Waals surface area (Å²) in [6.07, 6.45) is 1.82. The van der Waals surface area contributed by atoms with Gasteiger partial charge in [0.1, 0.15) is 17.0 Å². The highest BCUT2D eigenvalue weighted by molar-refractivity contribution is 6.09. The lowest BCUT2D eigenvalue weighted by Gasteiger charge is -2.12. The summed E-state index contributed by atoms with van der Waals surface area (Å²) in [6, 6.07) is 31.4. The molecule has 7 aromatic rings. The molecule has 4 heteroatoms. The molecule has 3 aromatic heterocycles. The molecule has 0 aliphatic heterocycles. The van der Waals surface area contributed by atoms with E-state index in [1.807, 2.05) is 37.4 Å². The van der Waals surface area contributed by atoms with Crippen LogP contribution >= 0.6 is 0 Å². The average Bonchev–Trinajstić information content (AvgIpc) is 3.43. The summed E-state index contributed by atoms with van der Waals surface area (Å²) in [7, 11) is 0. The van der Waals surface area contributed by atoms with Gasteiger partial charge in [-0.3, -0.25) is 9.55 Å². The number of nitrogens with zero attached hydrogens (tertiary/aromatic N) is 3. The Kier molecular flexibility index (Phi) is 3.73. The molecular weight excluding hydrogens is 406 g/mol. The molecule has 33 heavy (non-hydrogen) atoms. The molecule has 0 aliphatic rings. The Hall–Kier alpha value is -4.44. The van der Waals surface area contributed by atoms with Gasteiger partial charge in [0.05, 0.1) is 22.3 Å². The van der Waals surface area contributed by atoms with Crippen molar-refractivity contribution in [3.63, 3.8) is 0 Å². The van der Waals surface area contributed by atoms with Crippen LogP contribution in [-0.2, 0) is 0 Å². The van der Waals surface area contributed by atoms with Gasteiger partial charge in [0.25, 0.3) is 0 Å². The first-order chi connectivity index (χ1) is 16.3. The third-order valence-electron chi connectivity index (χ3n) is 6.38. The number of fused-ring (bicyclic) bond motifs is 5. The zero-order valence-corrected chi connectivity index (χ0v) is 18.0. The van der Waals surface area contributed by atoms with E-state index in [2.05, 4.69) is 76.3 Å².